The summed E-state index contributed by atoms with van der Waals surface area (Å²) in [5.74, 6) is -0.231. The van der Waals surface area contributed by atoms with Crippen molar-refractivity contribution in [3.63, 3.8) is 0 Å². The van der Waals surface area contributed by atoms with Crippen molar-refractivity contribution in [3.8, 4) is 0 Å². The summed E-state index contributed by atoms with van der Waals surface area (Å²) in [5.41, 5.74) is 4.90. The smallest absolute Gasteiger partial charge is 0.257 e. The fourth-order valence-corrected chi connectivity index (χ4v) is 2.18. The number of hydrazone groups is 1. The molecule has 0 aliphatic carbocycles. The number of aliphatic hydroxyl groups excluding tert-OH is 1. The summed E-state index contributed by atoms with van der Waals surface area (Å²) in [6.07, 6.45) is 0.618. The molecule has 2 rings (SSSR count). The third kappa shape index (κ3) is 2.91. The van der Waals surface area contributed by atoms with Crippen LogP contribution in [0.5, 0.6) is 0 Å². The van der Waals surface area contributed by atoms with Gasteiger partial charge in [0.05, 0.1) is 16.9 Å². The number of anilines is 1. The van der Waals surface area contributed by atoms with Crippen LogP contribution in [0.3, 0.4) is 0 Å². The number of aliphatic hydroxyl groups is 1. The van der Waals surface area contributed by atoms with Crippen LogP contribution in [0, 0.1) is 6.92 Å². The Bertz CT molecular complexity index is 617. The van der Waals surface area contributed by atoms with Gasteiger partial charge in [0.25, 0.3) is 5.91 Å². The molecule has 5 nitrogen and oxygen atoms in total. The van der Waals surface area contributed by atoms with Gasteiger partial charge in [0.15, 0.2) is 0 Å². The van der Waals surface area contributed by atoms with Crippen molar-refractivity contribution in [1.82, 2.24) is 5.32 Å². The first-order chi connectivity index (χ1) is 9.87. The van der Waals surface area contributed by atoms with Crippen LogP contribution in [-0.4, -0.2) is 22.3 Å². The summed E-state index contributed by atoms with van der Waals surface area (Å²) in [5, 5.41) is 17.3. The molecule has 0 fully saturated rings. The Hall–Kier alpha value is -2.30. The van der Waals surface area contributed by atoms with Gasteiger partial charge in [-0.3, -0.25) is 10.2 Å². The first kappa shape index (κ1) is 15.1. The predicted molar refractivity (Wildman–Crippen MR) is 84.4 cm³/mol. The van der Waals surface area contributed by atoms with E-state index in [-0.39, 0.29) is 17.2 Å². The van der Waals surface area contributed by atoms with Crippen LogP contribution >= 0.6 is 0 Å². The number of amides is 1. The maximum absolute atomic E-state index is 12.0. The van der Waals surface area contributed by atoms with Crippen LogP contribution < -0.4 is 10.7 Å². The first-order valence-electron chi connectivity index (χ1n) is 7.01. The molecule has 0 spiro atoms. The van der Waals surface area contributed by atoms with Crippen molar-refractivity contribution >= 4 is 17.3 Å². The van der Waals surface area contributed by atoms with E-state index in [0.717, 1.165) is 11.3 Å². The van der Waals surface area contributed by atoms with Gasteiger partial charge in [-0.25, -0.2) is 0 Å². The molecule has 5 heteroatoms. The number of benzene rings is 1. The van der Waals surface area contributed by atoms with Gasteiger partial charge in [-0.05, 0) is 39.3 Å². The zero-order valence-electron chi connectivity index (χ0n) is 12.8. The van der Waals surface area contributed by atoms with Crippen LogP contribution in [-0.2, 0) is 4.79 Å². The molecule has 21 heavy (non-hydrogen) atoms. The molecule has 0 saturated heterocycles. The largest absolute Gasteiger partial charge is 0.509 e. The molecule has 1 unspecified atom stereocenters. The topological polar surface area (TPSA) is 73.7 Å². The number of nitrogens with zero attached hydrogens (tertiary/aromatic N) is 1. The molecule has 1 aromatic rings. The molecular weight excluding hydrogens is 266 g/mol. The Morgan fingerprint density at radius 2 is 2.00 bits per heavy atom. The van der Waals surface area contributed by atoms with E-state index in [9.17, 15) is 9.90 Å². The van der Waals surface area contributed by atoms with E-state index in [1.165, 1.54) is 0 Å². The number of hydrogen-bond donors (Lipinski definition) is 3. The minimum absolute atomic E-state index is 0.0574. The summed E-state index contributed by atoms with van der Waals surface area (Å²) >= 11 is 0. The van der Waals surface area contributed by atoms with Gasteiger partial charge in [-0.2, -0.15) is 5.10 Å². The molecule has 1 atom stereocenters. The van der Waals surface area contributed by atoms with E-state index < -0.39 is 5.54 Å². The fourth-order valence-electron chi connectivity index (χ4n) is 2.18. The number of hydrogen-bond acceptors (Lipinski definition) is 4. The standard InChI is InChI=1S/C16H21N3O2/c1-5-16(4)14(20)13(15(21)17-16)11(3)18-19-12-8-6-10(2)7-9-12/h6-9,19-20H,5H2,1-4H3,(H,17,21). The number of aryl methyl sites for hydroxylation is 1. The minimum Gasteiger partial charge on any atom is -0.509 e. The number of rotatable bonds is 4. The fraction of sp³-hybridized carbons (Fsp3) is 0.375. The molecule has 0 saturated carbocycles. The molecule has 1 amide bonds. The average molecular weight is 287 g/mol. The molecular formula is C16H21N3O2. The summed E-state index contributed by atoms with van der Waals surface area (Å²) in [4.78, 5) is 12.0. The average Bonchev–Trinajstić information content (AvgIpc) is 2.69. The molecule has 3 N–H and O–H groups in total. The third-order valence-electron chi connectivity index (χ3n) is 3.85. The lowest BCUT2D eigenvalue weighted by Crippen LogP contribution is -2.40. The van der Waals surface area contributed by atoms with Gasteiger partial charge >= 0.3 is 0 Å². The van der Waals surface area contributed by atoms with Gasteiger partial charge < -0.3 is 10.4 Å². The quantitative estimate of drug-likeness (QED) is 0.589. The van der Waals surface area contributed by atoms with Crippen molar-refractivity contribution in [2.24, 2.45) is 5.10 Å². The maximum atomic E-state index is 12.0. The van der Waals surface area contributed by atoms with Crippen LogP contribution in [0.25, 0.3) is 0 Å². The van der Waals surface area contributed by atoms with E-state index in [1.54, 1.807) is 13.8 Å². The second kappa shape index (κ2) is 5.60. The van der Waals surface area contributed by atoms with Crippen LogP contribution in [0.2, 0.25) is 0 Å². The third-order valence-corrected chi connectivity index (χ3v) is 3.85. The molecule has 0 bridgehead atoms. The molecule has 112 valence electrons. The Kier molecular flexibility index (Phi) is 4.02. The molecule has 1 aliphatic rings. The summed E-state index contributed by atoms with van der Waals surface area (Å²) in [6.45, 7) is 7.42. The Balaban J connectivity index is 2.22. The second-order valence-electron chi connectivity index (χ2n) is 5.54. The predicted octanol–water partition coefficient (Wildman–Crippen LogP) is 2.89. The van der Waals surface area contributed by atoms with E-state index in [1.807, 2.05) is 38.1 Å². The van der Waals surface area contributed by atoms with E-state index in [2.05, 4.69) is 15.8 Å². The SMILES string of the molecule is CCC1(C)NC(=O)C(C(C)=NNc2ccc(C)cc2)=C1O. The second-order valence-corrected chi connectivity index (χ2v) is 5.54. The highest BCUT2D eigenvalue weighted by molar-refractivity contribution is 6.23. The monoisotopic (exact) mass is 287 g/mol. The van der Waals surface area contributed by atoms with Crippen molar-refractivity contribution in [1.29, 1.82) is 0 Å². The van der Waals surface area contributed by atoms with Crippen molar-refractivity contribution < 1.29 is 9.90 Å². The normalized spacial score (nSPS) is 22.5. The van der Waals surface area contributed by atoms with Crippen LogP contribution in [0.1, 0.15) is 32.8 Å². The highest BCUT2D eigenvalue weighted by Crippen LogP contribution is 2.28. The zero-order valence-corrected chi connectivity index (χ0v) is 12.8. The molecule has 1 aromatic carbocycles. The summed E-state index contributed by atoms with van der Waals surface area (Å²) < 4.78 is 0. The van der Waals surface area contributed by atoms with E-state index in [4.69, 9.17) is 0 Å². The number of carbonyl (C=O) groups excluding carboxylic acids is 1. The highest BCUT2D eigenvalue weighted by atomic mass is 16.3. The van der Waals surface area contributed by atoms with E-state index in [0.29, 0.717) is 12.1 Å². The lowest BCUT2D eigenvalue weighted by molar-refractivity contribution is -0.117. The van der Waals surface area contributed by atoms with Crippen molar-refractivity contribution in [2.75, 3.05) is 5.43 Å². The van der Waals surface area contributed by atoms with Gasteiger partial charge in [-0.15, -0.1) is 0 Å². The molecule has 0 aromatic heterocycles. The first-order valence-corrected chi connectivity index (χ1v) is 7.01. The van der Waals surface area contributed by atoms with Crippen molar-refractivity contribution in [2.45, 2.75) is 39.7 Å². The number of nitrogens with one attached hydrogen (secondary N) is 2. The van der Waals surface area contributed by atoms with E-state index >= 15 is 0 Å². The minimum atomic E-state index is -0.701. The van der Waals surface area contributed by atoms with Gasteiger partial charge in [0, 0.05) is 0 Å². The zero-order chi connectivity index (χ0) is 15.6. The Labute approximate surface area is 124 Å². The lowest BCUT2D eigenvalue weighted by atomic mass is 9.96. The molecule has 0 radical (unpaired) electrons. The number of carbonyl (C=O) groups is 1. The lowest BCUT2D eigenvalue weighted by Gasteiger charge is -2.22. The highest BCUT2D eigenvalue weighted by Gasteiger charge is 2.41. The molecule has 1 heterocycles. The summed E-state index contributed by atoms with van der Waals surface area (Å²) in [6, 6.07) is 7.76. The Morgan fingerprint density at radius 3 is 2.52 bits per heavy atom. The Morgan fingerprint density at radius 1 is 1.38 bits per heavy atom. The summed E-state index contributed by atoms with van der Waals surface area (Å²) in [7, 11) is 0. The van der Waals surface area contributed by atoms with Gasteiger partial charge in [-0.1, -0.05) is 24.6 Å². The van der Waals surface area contributed by atoms with Crippen molar-refractivity contribution in [3.05, 3.63) is 41.2 Å². The van der Waals surface area contributed by atoms with Crippen LogP contribution in [0.4, 0.5) is 5.69 Å². The van der Waals surface area contributed by atoms with Crippen LogP contribution in [0.15, 0.2) is 40.7 Å². The maximum Gasteiger partial charge on any atom is 0.257 e. The molecule has 1 aliphatic heterocycles. The van der Waals surface area contributed by atoms with Gasteiger partial charge in [0.1, 0.15) is 11.3 Å². The van der Waals surface area contributed by atoms with Gasteiger partial charge in [0.2, 0.25) is 0 Å².